The van der Waals surface area contributed by atoms with E-state index in [-0.39, 0.29) is 5.91 Å². The fourth-order valence-corrected chi connectivity index (χ4v) is 2.61. The molecule has 1 fully saturated rings. The molecule has 3 nitrogen and oxygen atoms in total. The number of rotatable bonds is 4. The van der Waals surface area contributed by atoms with Crippen LogP contribution in [0.1, 0.15) is 38.5 Å². The first-order chi connectivity index (χ1) is 8.24. The normalized spacial score (nSPS) is 16.1. The summed E-state index contributed by atoms with van der Waals surface area (Å²) in [6.07, 6.45) is 8.68. The van der Waals surface area contributed by atoms with Crippen LogP contribution in [0.2, 0.25) is 0 Å². The molecule has 0 bridgehead atoms. The number of amides is 1. The summed E-state index contributed by atoms with van der Waals surface area (Å²) in [6.45, 7) is 0. The van der Waals surface area contributed by atoms with Crippen LogP contribution in [0.3, 0.4) is 0 Å². The molecule has 1 amide bonds. The largest absolute Gasteiger partial charge is 0.311 e. The summed E-state index contributed by atoms with van der Waals surface area (Å²) in [7, 11) is 0. The van der Waals surface area contributed by atoms with Crippen molar-refractivity contribution in [3.8, 4) is 0 Å². The van der Waals surface area contributed by atoms with Crippen molar-refractivity contribution in [1.82, 2.24) is 4.98 Å². The molecule has 1 aromatic heterocycles. The molecule has 0 unspecified atom stereocenters. The zero-order valence-electron chi connectivity index (χ0n) is 9.79. The molecule has 1 aliphatic rings. The summed E-state index contributed by atoms with van der Waals surface area (Å²) in [5.41, 5.74) is 0. The predicted octanol–water partition coefficient (Wildman–Crippen LogP) is 3.60. The van der Waals surface area contributed by atoms with Crippen molar-refractivity contribution in [3.05, 3.63) is 21.9 Å². The second-order valence-corrected chi connectivity index (χ2v) is 5.84. The topological polar surface area (TPSA) is 42.0 Å². The predicted molar refractivity (Wildman–Crippen MR) is 76.8 cm³/mol. The van der Waals surface area contributed by atoms with E-state index in [0.29, 0.717) is 12.2 Å². The van der Waals surface area contributed by atoms with Gasteiger partial charge in [0.25, 0.3) is 0 Å². The van der Waals surface area contributed by atoms with E-state index < -0.39 is 0 Å². The van der Waals surface area contributed by atoms with E-state index in [4.69, 9.17) is 0 Å². The molecule has 1 N–H and O–H groups in total. The van der Waals surface area contributed by atoms with Gasteiger partial charge in [-0.25, -0.2) is 4.98 Å². The van der Waals surface area contributed by atoms with Crippen LogP contribution >= 0.6 is 22.6 Å². The zero-order valence-corrected chi connectivity index (χ0v) is 11.9. The van der Waals surface area contributed by atoms with Gasteiger partial charge in [0.2, 0.25) is 5.91 Å². The summed E-state index contributed by atoms with van der Waals surface area (Å²) < 4.78 is 1.08. The van der Waals surface area contributed by atoms with E-state index in [9.17, 15) is 4.79 Å². The Bertz CT molecular complexity index is 372. The van der Waals surface area contributed by atoms with Crippen LogP contribution in [-0.2, 0) is 4.79 Å². The number of nitrogens with zero attached hydrogens (tertiary/aromatic N) is 1. The number of carbonyl (C=O) groups excluding carboxylic acids is 1. The van der Waals surface area contributed by atoms with Crippen molar-refractivity contribution in [2.24, 2.45) is 5.92 Å². The van der Waals surface area contributed by atoms with Crippen LogP contribution in [0.5, 0.6) is 0 Å². The van der Waals surface area contributed by atoms with Crippen LogP contribution in [0, 0.1) is 9.49 Å². The van der Waals surface area contributed by atoms with Crippen molar-refractivity contribution >= 4 is 34.3 Å². The SMILES string of the molecule is O=C(CCC1CCCC1)Nc1ccc(I)cn1. The lowest BCUT2D eigenvalue weighted by Gasteiger charge is -2.08. The minimum absolute atomic E-state index is 0.0885. The van der Waals surface area contributed by atoms with Gasteiger partial charge in [-0.05, 0) is 47.1 Å². The molecule has 92 valence electrons. The fourth-order valence-electron chi connectivity index (χ4n) is 2.29. The van der Waals surface area contributed by atoms with Crippen molar-refractivity contribution in [3.63, 3.8) is 0 Å². The molecule has 4 heteroatoms. The standard InChI is InChI=1S/C13H17IN2O/c14-11-6-7-12(15-9-11)16-13(17)8-5-10-3-1-2-4-10/h6-7,9-10H,1-5,8H2,(H,15,16,17). The summed E-state index contributed by atoms with van der Waals surface area (Å²) in [5, 5.41) is 2.84. The Hall–Kier alpha value is -0.650. The monoisotopic (exact) mass is 344 g/mol. The Morgan fingerprint density at radius 1 is 1.41 bits per heavy atom. The molecule has 0 aliphatic heterocycles. The molecule has 1 saturated carbocycles. The molecule has 0 atom stereocenters. The summed E-state index contributed by atoms with van der Waals surface area (Å²) in [6, 6.07) is 3.79. The van der Waals surface area contributed by atoms with Crippen LogP contribution in [0.4, 0.5) is 5.82 Å². The van der Waals surface area contributed by atoms with Crippen molar-refractivity contribution < 1.29 is 4.79 Å². The molecule has 1 aliphatic carbocycles. The number of pyridine rings is 1. The van der Waals surface area contributed by atoms with Gasteiger partial charge in [-0.15, -0.1) is 0 Å². The van der Waals surface area contributed by atoms with Gasteiger partial charge in [0.05, 0.1) is 0 Å². The molecular formula is C13H17IN2O. The minimum Gasteiger partial charge on any atom is -0.311 e. The number of aromatic nitrogens is 1. The third kappa shape index (κ3) is 4.26. The first-order valence-corrected chi connectivity index (χ1v) is 7.23. The highest BCUT2D eigenvalue weighted by atomic mass is 127. The maximum atomic E-state index is 11.7. The number of nitrogens with one attached hydrogen (secondary N) is 1. The lowest BCUT2D eigenvalue weighted by atomic mass is 10.0. The van der Waals surface area contributed by atoms with E-state index >= 15 is 0 Å². The van der Waals surface area contributed by atoms with Gasteiger partial charge in [-0.2, -0.15) is 0 Å². The third-order valence-electron chi connectivity index (χ3n) is 3.25. The molecule has 0 radical (unpaired) electrons. The Morgan fingerprint density at radius 3 is 2.82 bits per heavy atom. The number of hydrogen-bond donors (Lipinski definition) is 1. The third-order valence-corrected chi connectivity index (χ3v) is 3.89. The number of hydrogen-bond acceptors (Lipinski definition) is 2. The van der Waals surface area contributed by atoms with Gasteiger partial charge < -0.3 is 5.32 Å². The van der Waals surface area contributed by atoms with Gasteiger partial charge in [0.1, 0.15) is 5.82 Å². The highest BCUT2D eigenvalue weighted by Crippen LogP contribution is 2.28. The first kappa shape index (κ1) is 12.8. The quantitative estimate of drug-likeness (QED) is 0.848. The molecule has 0 saturated heterocycles. The molecule has 1 heterocycles. The second kappa shape index (κ2) is 6.33. The fraction of sp³-hybridized carbons (Fsp3) is 0.538. The average Bonchev–Trinajstić information content (AvgIpc) is 2.83. The molecule has 2 rings (SSSR count). The van der Waals surface area contributed by atoms with Gasteiger partial charge >= 0.3 is 0 Å². The molecule has 0 aromatic carbocycles. The van der Waals surface area contributed by atoms with E-state index in [1.165, 1.54) is 25.7 Å². The van der Waals surface area contributed by atoms with Crippen LogP contribution in [0.15, 0.2) is 18.3 Å². The number of carbonyl (C=O) groups is 1. The first-order valence-electron chi connectivity index (χ1n) is 6.15. The van der Waals surface area contributed by atoms with Crippen molar-refractivity contribution in [1.29, 1.82) is 0 Å². The minimum atomic E-state index is 0.0885. The van der Waals surface area contributed by atoms with Crippen LogP contribution < -0.4 is 5.32 Å². The van der Waals surface area contributed by atoms with E-state index in [0.717, 1.165) is 15.9 Å². The Kier molecular flexibility index (Phi) is 4.76. The zero-order chi connectivity index (χ0) is 12.1. The maximum Gasteiger partial charge on any atom is 0.225 e. The summed E-state index contributed by atoms with van der Waals surface area (Å²) in [4.78, 5) is 15.9. The Morgan fingerprint density at radius 2 is 2.18 bits per heavy atom. The highest BCUT2D eigenvalue weighted by molar-refractivity contribution is 14.1. The molecule has 1 aromatic rings. The Labute approximate surface area is 116 Å². The summed E-state index contributed by atoms with van der Waals surface area (Å²) in [5.74, 6) is 1.51. The number of anilines is 1. The van der Waals surface area contributed by atoms with Crippen LogP contribution in [-0.4, -0.2) is 10.9 Å². The van der Waals surface area contributed by atoms with Gasteiger partial charge in [0.15, 0.2) is 0 Å². The maximum absolute atomic E-state index is 11.7. The molecular weight excluding hydrogens is 327 g/mol. The lowest BCUT2D eigenvalue weighted by molar-refractivity contribution is -0.116. The van der Waals surface area contributed by atoms with Gasteiger partial charge in [0, 0.05) is 16.2 Å². The highest BCUT2D eigenvalue weighted by Gasteiger charge is 2.16. The Balaban J connectivity index is 1.74. The molecule has 17 heavy (non-hydrogen) atoms. The lowest BCUT2D eigenvalue weighted by Crippen LogP contribution is -2.13. The van der Waals surface area contributed by atoms with Crippen molar-refractivity contribution in [2.45, 2.75) is 38.5 Å². The molecule has 0 spiro atoms. The van der Waals surface area contributed by atoms with E-state index in [2.05, 4.69) is 32.9 Å². The van der Waals surface area contributed by atoms with Crippen LogP contribution in [0.25, 0.3) is 0 Å². The smallest absolute Gasteiger partial charge is 0.225 e. The summed E-state index contributed by atoms with van der Waals surface area (Å²) >= 11 is 2.20. The average molecular weight is 344 g/mol. The second-order valence-electron chi connectivity index (χ2n) is 4.60. The van der Waals surface area contributed by atoms with Crippen molar-refractivity contribution in [2.75, 3.05) is 5.32 Å². The van der Waals surface area contributed by atoms with Gasteiger partial charge in [-0.1, -0.05) is 25.7 Å². The number of halogens is 1. The van der Waals surface area contributed by atoms with Gasteiger partial charge in [-0.3, -0.25) is 4.79 Å². The van der Waals surface area contributed by atoms with E-state index in [1.807, 2.05) is 12.1 Å². The van der Waals surface area contributed by atoms with E-state index in [1.54, 1.807) is 6.20 Å².